The van der Waals surface area contributed by atoms with Gasteiger partial charge in [-0.1, -0.05) is 6.07 Å². The highest BCUT2D eigenvalue weighted by Gasteiger charge is 2.41. The highest BCUT2D eigenvalue weighted by atomic mass is 16.5. The predicted octanol–water partition coefficient (Wildman–Crippen LogP) is 1.78. The van der Waals surface area contributed by atoms with Gasteiger partial charge in [0.2, 0.25) is 0 Å². The van der Waals surface area contributed by atoms with Gasteiger partial charge in [-0.25, -0.2) is 0 Å². The van der Waals surface area contributed by atoms with Gasteiger partial charge >= 0.3 is 0 Å². The maximum absolute atomic E-state index is 9.91. The van der Waals surface area contributed by atoms with Gasteiger partial charge in [0.05, 0.1) is 12.7 Å². The third kappa shape index (κ3) is 1.92. The van der Waals surface area contributed by atoms with Crippen molar-refractivity contribution in [1.82, 2.24) is 0 Å². The number of hydrogen-bond donors (Lipinski definition) is 2. The topological polar surface area (TPSA) is 49.7 Å². The molecule has 3 nitrogen and oxygen atoms in total. The summed E-state index contributed by atoms with van der Waals surface area (Å²) in [5, 5.41) is 19.8. The molecule has 3 heteroatoms. The van der Waals surface area contributed by atoms with Crippen LogP contribution in [0.4, 0.5) is 0 Å². The van der Waals surface area contributed by atoms with Crippen molar-refractivity contribution in [2.24, 2.45) is 0 Å². The average molecular weight is 208 g/mol. The van der Waals surface area contributed by atoms with Crippen LogP contribution in [-0.4, -0.2) is 22.9 Å². The summed E-state index contributed by atoms with van der Waals surface area (Å²) in [6.07, 6.45) is 2.09. The number of benzene rings is 1. The van der Waals surface area contributed by atoms with Crippen LogP contribution in [-0.2, 0) is 6.42 Å². The van der Waals surface area contributed by atoms with Crippen molar-refractivity contribution in [1.29, 1.82) is 0 Å². The zero-order valence-corrected chi connectivity index (χ0v) is 9.08. The lowest BCUT2D eigenvalue weighted by Crippen LogP contribution is -2.12. The van der Waals surface area contributed by atoms with E-state index in [0.717, 1.165) is 24.0 Å². The highest BCUT2D eigenvalue weighted by Crippen LogP contribution is 2.43. The molecule has 0 bridgehead atoms. The minimum atomic E-state index is -0.613. The number of phenols is 1. The number of rotatable bonds is 3. The van der Waals surface area contributed by atoms with Crippen LogP contribution in [0, 0.1) is 6.92 Å². The van der Waals surface area contributed by atoms with Gasteiger partial charge < -0.3 is 14.9 Å². The third-order valence-corrected chi connectivity index (χ3v) is 2.99. The summed E-state index contributed by atoms with van der Waals surface area (Å²) < 4.78 is 5.18. The van der Waals surface area contributed by atoms with Gasteiger partial charge in [-0.3, -0.25) is 0 Å². The molecule has 2 N–H and O–H groups in total. The fourth-order valence-electron chi connectivity index (χ4n) is 1.75. The van der Waals surface area contributed by atoms with E-state index in [9.17, 15) is 10.2 Å². The van der Waals surface area contributed by atoms with Gasteiger partial charge in [0, 0.05) is 12.0 Å². The molecule has 0 atom stereocenters. The van der Waals surface area contributed by atoms with Crippen molar-refractivity contribution >= 4 is 0 Å². The van der Waals surface area contributed by atoms with Crippen LogP contribution in [0.3, 0.4) is 0 Å². The van der Waals surface area contributed by atoms with E-state index >= 15 is 0 Å². The summed E-state index contributed by atoms with van der Waals surface area (Å²) in [6, 6.07) is 3.64. The van der Waals surface area contributed by atoms with Gasteiger partial charge in [-0.2, -0.15) is 0 Å². The Labute approximate surface area is 89.3 Å². The molecule has 1 aliphatic rings. The van der Waals surface area contributed by atoms with Gasteiger partial charge in [-0.15, -0.1) is 0 Å². The zero-order valence-electron chi connectivity index (χ0n) is 9.08. The van der Waals surface area contributed by atoms with Crippen molar-refractivity contribution in [3.8, 4) is 11.5 Å². The van der Waals surface area contributed by atoms with Crippen LogP contribution in [0.5, 0.6) is 11.5 Å². The maximum atomic E-state index is 9.91. The molecule has 1 aliphatic carbocycles. The Bertz CT molecular complexity index is 381. The van der Waals surface area contributed by atoms with E-state index < -0.39 is 5.60 Å². The van der Waals surface area contributed by atoms with Crippen molar-refractivity contribution in [2.75, 3.05) is 7.11 Å². The van der Waals surface area contributed by atoms with Crippen LogP contribution >= 0.6 is 0 Å². The summed E-state index contributed by atoms with van der Waals surface area (Å²) in [7, 11) is 1.57. The molecule has 1 aromatic rings. The summed E-state index contributed by atoms with van der Waals surface area (Å²) in [6.45, 7) is 1.84. The number of methoxy groups -OCH3 is 1. The second-order valence-electron chi connectivity index (χ2n) is 4.31. The Kier molecular flexibility index (Phi) is 2.35. The fourth-order valence-corrected chi connectivity index (χ4v) is 1.75. The molecule has 15 heavy (non-hydrogen) atoms. The van der Waals surface area contributed by atoms with E-state index in [0.29, 0.717) is 12.2 Å². The van der Waals surface area contributed by atoms with E-state index in [1.807, 2.05) is 19.1 Å². The Morgan fingerprint density at radius 3 is 2.60 bits per heavy atom. The molecule has 2 rings (SSSR count). The number of aliphatic hydroxyl groups is 1. The molecule has 0 aromatic heterocycles. The Morgan fingerprint density at radius 1 is 1.40 bits per heavy atom. The monoisotopic (exact) mass is 208 g/mol. The van der Waals surface area contributed by atoms with Gasteiger partial charge in [-0.05, 0) is 31.4 Å². The van der Waals surface area contributed by atoms with E-state index in [2.05, 4.69) is 0 Å². The number of ether oxygens (including phenoxy) is 1. The molecule has 0 radical (unpaired) electrons. The molecule has 1 aromatic carbocycles. The average Bonchev–Trinajstić information content (AvgIpc) is 2.92. The summed E-state index contributed by atoms with van der Waals surface area (Å²) in [5.74, 6) is 0.896. The SMILES string of the molecule is COc1ccc(C)c(O)c1CC1(O)CC1. The zero-order chi connectivity index (χ0) is 11.1. The number of aromatic hydroxyl groups is 1. The molecule has 0 heterocycles. The second-order valence-corrected chi connectivity index (χ2v) is 4.31. The first-order valence-corrected chi connectivity index (χ1v) is 5.13. The van der Waals surface area contributed by atoms with E-state index in [-0.39, 0.29) is 5.75 Å². The molecule has 82 valence electrons. The van der Waals surface area contributed by atoms with Crippen LogP contribution in [0.2, 0.25) is 0 Å². The summed E-state index contributed by atoms with van der Waals surface area (Å²) >= 11 is 0. The molecular weight excluding hydrogens is 192 g/mol. The highest BCUT2D eigenvalue weighted by molar-refractivity contribution is 5.49. The van der Waals surface area contributed by atoms with E-state index in [4.69, 9.17) is 4.74 Å². The standard InChI is InChI=1S/C12H16O3/c1-8-3-4-10(15-2)9(11(8)13)7-12(14)5-6-12/h3-4,13-14H,5-7H2,1-2H3. The molecule has 0 saturated heterocycles. The first kappa shape index (κ1) is 10.3. The molecule has 0 spiro atoms. The molecule has 1 saturated carbocycles. The largest absolute Gasteiger partial charge is 0.507 e. The van der Waals surface area contributed by atoms with Crippen molar-refractivity contribution in [3.63, 3.8) is 0 Å². The van der Waals surface area contributed by atoms with Crippen molar-refractivity contribution in [2.45, 2.75) is 31.8 Å². The quantitative estimate of drug-likeness (QED) is 0.796. The smallest absolute Gasteiger partial charge is 0.125 e. The lowest BCUT2D eigenvalue weighted by Gasteiger charge is -2.15. The molecule has 0 unspecified atom stereocenters. The van der Waals surface area contributed by atoms with Gasteiger partial charge in [0.1, 0.15) is 11.5 Å². The fraction of sp³-hybridized carbons (Fsp3) is 0.500. The van der Waals surface area contributed by atoms with Gasteiger partial charge in [0.15, 0.2) is 0 Å². The van der Waals surface area contributed by atoms with Crippen LogP contribution in [0.25, 0.3) is 0 Å². The van der Waals surface area contributed by atoms with Crippen molar-refractivity contribution < 1.29 is 14.9 Å². The van der Waals surface area contributed by atoms with Crippen LogP contribution < -0.4 is 4.74 Å². The number of aryl methyl sites for hydroxylation is 1. The molecule has 0 amide bonds. The minimum Gasteiger partial charge on any atom is -0.507 e. The normalized spacial score (nSPS) is 17.5. The predicted molar refractivity (Wildman–Crippen MR) is 57.3 cm³/mol. The molecule has 1 fully saturated rings. The number of hydrogen-bond acceptors (Lipinski definition) is 3. The summed E-state index contributed by atoms with van der Waals surface area (Å²) in [4.78, 5) is 0. The molecular formula is C12H16O3. The second kappa shape index (κ2) is 3.42. The Hall–Kier alpha value is -1.22. The van der Waals surface area contributed by atoms with Crippen molar-refractivity contribution in [3.05, 3.63) is 23.3 Å². The lowest BCUT2D eigenvalue weighted by atomic mass is 10.0. The Balaban J connectivity index is 2.37. The van der Waals surface area contributed by atoms with E-state index in [1.54, 1.807) is 7.11 Å². The Morgan fingerprint density at radius 2 is 2.07 bits per heavy atom. The maximum Gasteiger partial charge on any atom is 0.125 e. The number of phenolic OH excluding ortho intramolecular Hbond substituents is 1. The first-order valence-electron chi connectivity index (χ1n) is 5.13. The first-order chi connectivity index (χ1) is 7.06. The van der Waals surface area contributed by atoms with E-state index in [1.165, 1.54) is 0 Å². The van der Waals surface area contributed by atoms with Crippen LogP contribution in [0.1, 0.15) is 24.0 Å². The lowest BCUT2D eigenvalue weighted by molar-refractivity contribution is 0.149. The summed E-state index contributed by atoms with van der Waals surface area (Å²) in [5.41, 5.74) is 0.922. The molecule has 0 aliphatic heterocycles. The minimum absolute atomic E-state index is 0.245. The third-order valence-electron chi connectivity index (χ3n) is 2.99. The van der Waals surface area contributed by atoms with Gasteiger partial charge in [0.25, 0.3) is 0 Å². The van der Waals surface area contributed by atoms with Crippen LogP contribution in [0.15, 0.2) is 12.1 Å².